The maximum absolute atomic E-state index is 9.22. The maximum Gasteiger partial charge on any atom is 2.00 e. The third-order valence-electron chi connectivity index (χ3n) is 0.408. The molecule has 13 heavy (non-hydrogen) atoms. The van der Waals surface area contributed by atoms with Gasteiger partial charge in [0.25, 0.3) is 0 Å². The Labute approximate surface area is 92.3 Å². The second kappa shape index (κ2) is 7.87. The summed E-state index contributed by atoms with van der Waals surface area (Å²) in [7, 11) is -7.21. The largest absolute Gasteiger partial charge is 2.00 e. The van der Waals surface area contributed by atoms with Crippen LogP contribution in [0.2, 0.25) is 0 Å². The predicted octanol–water partition coefficient (Wildman–Crippen LogP) is -2.19. The summed E-state index contributed by atoms with van der Waals surface area (Å²) in [4.78, 5) is 0. The minimum atomic E-state index is -4.41. The Balaban J connectivity index is -0.000000143. The summed E-state index contributed by atoms with van der Waals surface area (Å²) in [5.74, 6) is 0. The van der Waals surface area contributed by atoms with E-state index in [1.807, 2.05) is 0 Å². The molecule has 0 aromatic rings. The Morgan fingerprint density at radius 2 is 0.923 bits per heavy atom. The molecule has 0 aliphatic heterocycles. The molecule has 8 nitrogen and oxygen atoms in total. The van der Waals surface area contributed by atoms with Crippen LogP contribution in [0.1, 0.15) is 0 Å². The molecule has 76 valence electrons. The van der Waals surface area contributed by atoms with Crippen molar-refractivity contribution < 1.29 is 34.3 Å². The summed E-state index contributed by atoms with van der Waals surface area (Å²) in [5, 5.41) is 0. The fraction of sp³-hybridized carbons (Fsp3) is 1.00. The molecule has 0 saturated heterocycles. The Bertz CT molecular complexity index is 256. The fourth-order valence-electron chi connectivity index (χ4n) is 0. The van der Waals surface area contributed by atoms with Crippen molar-refractivity contribution in [2.45, 2.75) is 0 Å². The van der Waals surface area contributed by atoms with E-state index in [1.54, 1.807) is 0 Å². The van der Waals surface area contributed by atoms with Crippen molar-refractivity contribution in [2.75, 3.05) is 14.2 Å². The van der Waals surface area contributed by atoms with Crippen molar-refractivity contribution in [2.24, 2.45) is 0 Å². The van der Waals surface area contributed by atoms with E-state index >= 15 is 0 Å². The second-order valence-electron chi connectivity index (χ2n) is 1.15. The van der Waals surface area contributed by atoms with Crippen LogP contribution in [0.15, 0.2) is 0 Å². The summed E-state index contributed by atoms with van der Waals surface area (Å²) in [5.41, 5.74) is 0. The van der Waals surface area contributed by atoms with Gasteiger partial charge in [-0.25, -0.2) is 16.8 Å². The summed E-state index contributed by atoms with van der Waals surface area (Å²) in [6.45, 7) is 0. The zero-order valence-electron chi connectivity index (χ0n) is 6.79. The van der Waals surface area contributed by atoms with Gasteiger partial charge < -0.3 is 9.11 Å². The maximum atomic E-state index is 9.22. The molecule has 0 N–H and O–H groups in total. The average molecular weight is 247 g/mol. The van der Waals surface area contributed by atoms with Crippen LogP contribution in [0.4, 0.5) is 0 Å². The molecule has 0 unspecified atom stereocenters. The van der Waals surface area contributed by atoms with Crippen molar-refractivity contribution in [1.29, 1.82) is 0 Å². The Morgan fingerprint density at radius 1 is 0.846 bits per heavy atom. The monoisotopic (exact) mass is 246 g/mol. The quantitative estimate of drug-likeness (QED) is 0.305. The SMILES string of the molecule is COS(=O)(=O)[O-].COS(=O)(=O)[O-].[Mg+2]. The number of rotatable bonds is 2. The molecule has 0 heterocycles. The minimum absolute atomic E-state index is 0. The van der Waals surface area contributed by atoms with E-state index in [0.717, 1.165) is 14.2 Å². The molecule has 0 rings (SSSR count). The number of hydrogen-bond donors (Lipinski definition) is 0. The van der Waals surface area contributed by atoms with Gasteiger partial charge in [0.05, 0.1) is 14.2 Å². The van der Waals surface area contributed by atoms with Crippen LogP contribution in [0.5, 0.6) is 0 Å². The Kier molecular flexibility index (Phi) is 11.6. The molecule has 0 saturated carbocycles. The normalized spacial score (nSPS) is 10.8. The summed E-state index contributed by atoms with van der Waals surface area (Å²) in [6, 6.07) is 0. The molecule has 0 aromatic carbocycles. The van der Waals surface area contributed by atoms with Gasteiger partial charge in [-0.15, -0.1) is 0 Å². The summed E-state index contributed by atoms with van der Waals surface area (Å²) in [6.07, 6.45) is 0. The first-order valence-electron chi connectivity index (χ1n) is 2.15. The smallest absolute Gasteiger partial charge is 0.726 e. The van der Waals surface area contributed by atoms with Gasteiger partial charge in [0.2, 0.25) is 20.8 Å². The van der Waals surface area contributed by atoms with Gasteiger partial charge in [0.1, 0.15) is 0 Å². The van der Waals surface area contributed by atoms with E-state index in [1.165, 1.54) is 0 Å². The van der Waals surface area contributed by atoms with Crippen LogP contribution in [0.25, 0.3) is 0 Å². The van der Waals surface area contributed by atoms with Crippen LogP contribution < -0.4 is 0 Å². The molecule has 0 amide bonds. The van der Waals surface area contributed by atoms with Crippen LogP contribution in [0, 0.1) is 0 Å². The van der Waals surface area contributed by atoms with E-state index < -0.39 is 20.8 Å². The third-order valence-corrected chi connectivity index (χ3v) is 1.22. The van der Waals surface area contributed by atoms with E-state index in [-0.39, 0.29) is 23.1 Å². The van der Waals surface area contributed by atoms with Crippen molar-refractivity contribution in [3.8, 4) is 0 Å². The third kappa shape index (κ3) is 32.6. The first kappa shape index (κ1) is 19.1. The molecule has 0 aliphatic rings. The first-order chi connectivity index (χ1) is 5.12. The molecule has 0 fully saturated rings. The van der Waals surface area contributed by atoms with Gasteiger partial charge in [-0.05, 0) is 0 Å². The van der Waals surface area contributed by atoms with Crippen LogP contribution in [-0.4, -0.2) is 63.2 Å². The van der Waals surface area contributed by atoms with Gasteiger partial charge >= 0.3 is 23.1 Å². The predicted molar refractivity (Wildman–Crippen MR) is 39.2 cm³/mol. The molecule has 0 bridgehead atoms. The summed E-state index contributed by atoms with van der Waals surface area (Å²) < 4.78 is 62.0. The minimum Gasteiger partial charge on any atom is -0.726 e. The van der Waals surface area contributed by atoms with Crippen molar-refractivity contribution in [3.05, 3.63) is 0 Å². The van der Waals surface area contributed by atoms with Crippen molar-refractivity contribution in [1.82, 2.24) is 0 Å². The van der Waals surface area contributed by atoms with Crippen LogP contribution in [-0.2, 0) is 29.2 Å². The molecular formula is C2H6MgO8S2. The van der Waals surface area contributed by atoms with Crippen LogP contribution >= 0.6 is 0 Å². The van der Waals surface area contributed by atoms with Crippen molar-refractivity contribution in [3.63, 3.8) is 0 Å². The molecule has 0 radical (unpaired) electrons. The molecule has 0 atom stereocenters. The Morgan fingerprint density at radius 3 is 0.923 bits per heavy atom. The van der Waals surface area contributed by atoms with Gasteiger partial charge in [0, 0.05) is 0 Å². The first-order valence-corrected chi connectivity index (χ1v) is 4.82. The second-order valence-corrected chi connectivity index (χ2v) is 3.45. The van der Waals surface area contributed by atoms with E-state index in [0.29, 0.717) is 0 Å². The average Bonchev–Trinajstić information content (AvgIpc) is 1.86. The molecule has 0 aliphatic carbocycles. The molecule has 11 heteroatoms. The van der Waals surface area contributed by atoms with E-state index in [2.05, 4.69) is 8.37 Å². The van der Waals surface area contributed by atoms with Gasteiger partial charge in [-0.2, -0.15) is 0 Å². The van der Waals surface area contributed by atoms with Gasteiger partial charge in [0.15, 0.2) is 0 Å². The standard InChI is InChI=1S/2CH4O4S.Mg/c2*1-5-6(2,3)4;/h2*1H3,(H,2,3,4);/q;;+2/p-2. The molecular weight excluding hydrogens is 240 g/mol. The topological polar surface area (TPSA) is 133 Å². The molecule has 0 aromatic heterocycles. The zero-order valence-corrected chi connectivity index (χ0v) is 9.84. The summed E-state index contributed by atoms with van der Waals surface area (Å²) >= 11 is 0. The zero-order chi connectivity index (χ0) is 10.4. The molecule has 0 spiro atoms. The van der Waals surface area contributed by atoms with Crippen molar-refractivity contribution >= 4 is 43.9 Å². The Hall–Kier alpha value is 0.506. The van der Waals surface area contributed by atoms with E-state index in [4.69, 9.17) is 0 Å². The number of hydrogen-bond acceptors (Lipinski definition) is 8. The van der Waals surface area contributed by atoms with Gasteiger partial charge in [-0.1, -0.05) is 0 Å². The van der Waals surface area contributed by atoms with Crippen LogP contribution in [0.3, 0.4) is 0 Å². The van der Waals surface area contributed by atoms with E-state index in [9.17, 15) is 25.9 Å². The fourth-order valence-corrected chi connectivity index (χ4v) is 0. The van der Waals surface area contributed by atoms with Gasteiger partial charge in [-0.3, -0.25) is 8.37 Å².